The number of carbonyl (C=O) groups excluding carboxylic acids is 1. The maximum absolute atomic E-state index is 12.3. The van der Waals surface area contributed by atoms with E-state index < -0.39 is 11.1 Å². The highest BCUT2D eigenvalue weighted by atomic mass is 32.1. The number of thiophene rings is 1. The summed E-state index contributed by atoms with van der Waals surface area (Å²) in [5, 5.41) is 13.9. The van der Waals surface area contributed by atoms with Gasteiger partial charge in [-0.15, -0.1) is 11.3 Å². The lowest BCUT2D eigenvalue weighted by molar-refractivity contribution is -0.00284. The molecule has 0 aliphatic carbocycles. The highest BCUT2D eigenvalue weighted by molar-refractivity contribution is 7.20. The molecular formula is C15H20N2O2S. The summed E-state index contributed by atoms with van der Waals surface area (Å²) < 4.78 is 1.02. The third kappa shape index (κ3) is 2.78. The SMILES string of the molecule is CC(C)(O)C(C)(C)NC(=O)c1cc2cc(N)ccc2s1. The molecule has 20 heavy (non-hydrogen) atoms. The summed E-state index contributed by atoms with van der Waals surface area (Å²) in [7, 11) is 0. The average Bonchev–Trinajstić information content (AvgIpc) is 2.69. The van der Waals surface area contributed by atoms with E-state index in [2.05, 4.69) is 5.32 Å². The molecule has 108 valence electrons. The van der Waals surface area contributed by atoms with Crippen molar-refractivity contribution in [2.75, 3.05) is 5.73 Å². The van der Waals surface area contributed by atoms with Gasteiger partial charge in [-0.25, -0.2) is 0 Å². The molecule has 0 fully saturated rings. The van der Waals surface area contributed by atoms with E-state index in [0.717, 1.165) is 10.1 Å². The predicted molar refractivity (Wildman–Crippen MR) is 84.1 cm³/mol. The van der Waals surface area contributed by atoms with Crippen molar-refractivity contribution in [3.05, 3.63) is 29.1 Å². The van der Waals surface area contributed by atoms with Gasteiger partial charge in [-0.1, -0.05) is 0 Å². The fourth-order valence-corrected chi connectivity index (χ4v) is 2.61. The van der Waals surface area contributed by atoms with Crippen molar-refractivity contribution < 1.29 is 9.90 Å². The van der Waals surface area contributed by atoms with Gasteiger partial charge in [-0.2, -0.15) is 0 Å². The first-order chi connectivity index (χ1) is 9.10. The Kier molecular flexibility index (Phi) is 3.52. The Morgan fingerprint density at radius 1 is 1.25 bits per heavy atom. The van der Waals surface area contributed by atoms with E-state index in [1.807, 2.05) is 24.3 Å². The number of rotatable bonds is 3. The lowest BCUT2D eigenvalue weighted by Crippen LogP contribution is -2.57. The first-order valence-electron chi connectivity index (χ1n) is 6.44. The van der Waals surface area contributed by atoms with Crippen molar-refractivity contribution in [2.45, 2.75) is 38.8 Å². The Morgan fingerprint density at radius 2 is 1.90 bits per heavy atom. The van der Waals surface area contributed by atoms with E-state index in [9.17, 15) is 9.90 Å². The van der Waals surface area contributed by atoms with Crippen LogP contribution in [0.15, 0.2) is 24.3 Å². The van der Waals surface area contributed by atoms with Crippen LogP contribution < -0.4 is 11.1 Å². The second-order valence-corrected chi connectivity index (χ2v) is 7.13. The number of fused-ring (bicyclic) bond motifs is 1. The van der Waals surface area contributed by atoms with Crippen LogP contribution >= 0.6 is 11.3 Å². The maximum Gasteiger partial charge on any atom is 0.261 e. The molecule has 1 amide bonds. The average molecular weight is 292 g/mol. The molecule has 0 spiro atoms. The molecule has 0 atom stereocenters. The van der Waals surface area contributed by atoms with Crippen LogP contribution in [-0.4, -0.2) is 22.2 Å². The summed E-state index contributed by atoms with van der Waals surface area (Å²) in [5.74, 6) is -0.183. The minimum absolute atomic E-state index is 0.183. The van der Waals surface area contributed by atoms with Crippen molar-refractivity contribution in [1.29, 1.82) is 0 Å². The molecule has 0 bridgehead atoms. The third-order valence-corrected chi connectivity index (χ3v) is 4.83. The summed E-state index contributed by atoms with van der Waals surface area (Å²) in [4.78, 5) is 12.9. The number of amides is 1. The summed E-state index contributed by atoms with van der Waals surface area (Å²) in [6, 6.07) is 7.41. The minimum Gasteiger partial charge on any atom is -0.399 e. The van der Waals surface area contributed by atoms with Crippen molar-refractivity contribution in [3.8, 4) is 0 Å². The van der Waals surface area contributed by atoms with Crippen molar-refractivity contribution in [1.82, 2.24) is 5.32 Å². The van der Waals surface area contributed by atoms with Crippen molar-refractivity contribution >= 4 is 33.0 Å². The Balaban J connectivity index is 2.28. The van der Waals surface area contributed by atoms with E-state index in [-0.39, 0.29) is 5.91 Å². The van der Waals surface area contributed by atoms with Gasteiger partial charge in [0.15, 0.2) is 0 Å². The fourth-order valence-electron chi connectivity index (χ4n) is 1.67. The Hall–Kier alpha value is -1.59. The number of hydrogen-bond acceptors (Lipinski definition) is 4. The zero-order valence-corrected chi connectivity index (χ0v) is 13.0. The number of nitrogens with two attached hydrogens (primary N) is 1. The maximum atomic E-state index is 12.3. The van der Waals surface area contributed by atoms with Crippen LogP contribution in [0.2, 0.25) is 0 Å². The molecule has 4 nitrogen and oxygen atoms in total. The molecule has 0 saturated carbocycles. The number of hydrogen-bond donors (Lipinski definition) is 3. The van der Waals surface area contributed by atoms with Gasteiger partial charge in [-0.05, 0) is 57.3 Å². The molecule has 4 N–H and O–H groups in total. The largest absolute Gasteiger partial charge is 0.399 e. The van der Waals surface area contributed by atoms with Crippen LogP contribution in [0, 0.1) is 0 Å². The smallest absolute Gasteiger partial charge is 0.261 e. The van der Waals surface area contributed by atoms with Gasteiger partial charge < -0.3 is 16.2 Å². The van der Waals surface area contributed by atoms with E-state index in [4.69, 9.17) is 5.73 Å². The standard InChI is InChI=1S/C15H20N2O2S/c1-14(2,15(3,4)19)17-13(18)12-8-9-7-10(16)5-6-11(9)20-12/h5-8,19H,16H2,1-4H3,(H,17,18). The number of anilines is 1. The lowest BCUT2D eigenvalue weighted by atomic mass is 9.86. The van der Waals surface area contributed by atoms with Crippen LogP contribution in [0.5, 0.6) is 0 Å². The lowest BCUT2D eigenvalue weighted by Gasteiger charge is -2.37. The monoisotopic (exact) mass is 292 g/mol. The van der Waals surface area contributed by atoms with Gasteiger partial charge in [0.1, 0.15) is 0 Å². The number of benzene rings is 1. The third-order valence-electron chi connectivity index (χ3n) is 3.72. The Bertz CT molecular complexity index is 653. The molecule has 0 aliphatic rings. The normalized spacial score (nSPS) is 12.7. The van der Waals surface area contributed by atoms with E-state index >= 15 is 0 Å². The molecule has 2 aromatic rings. The van der Waals surface area contributed by atoms with Gasteiger partial charge in [0.2, 0.25) is 0 Å². The second kappa shape index (κ2) is 4.75. The number of carbonyl (C=O) groups is 1. The predicted octanol–water partition coefficient (Wildman–Crippen LogP) is 2.76. The van der Waals surface area contributed by atoms with E-state index in [1.54, 1.807) is 27.7 Å². The molecule has 2 rings (SSSR count). The first-order valence-corrected chi connectivity index (χ1v) is 7.26. The number of nitrogens with one attached hydrogen (secondary N) is 1. The van der Waals surface area contributed by atoms with Crippen LogP contribution in [0.3, 0.4) is 0 Å². The Morgan fingerprint density at radius 3 is 2.50 bits per heavy atom. The summed E-state index contributed by atoms with van der Waals surface area (Å²) >= 11 is 1.42. The highest BCUT2D eigenvalue weighted by Crippen LogP contribution is 2.28. The van der Waals surface area contributed by atoms with E-state index in [0.29, 0.717) is 10.6 Å². The molecule has 0 aliphatic heterocycles. The molecule has 0 unspecified atom stereocenters. The van der Waals surface area contributed by atoms with Crippen molar-refractivity contribution in [3.63, 3.8) is 0 Å². The number of aliphatic hydroxyl groups is 1. The molecule has 1 heterocycles. The van der Waals surface area contributed by atoms with Crippen LogP contribution in [0.4, 0.5) is 5.69 Å². The van der Waals surface area contributed by atoms with Crippen molar-refractivity contribution in [2.24, 2.45) is 0 Å². The fraction of sp³-hybridized carbons (Fsp3) is 0.400. The van der Waals surface area contributed by atoms with Gasteiger partial charge >= 0.3 is 0 Å². The molecule has 1 aromatic heterocycles. The van der Waals surface area contributed by atoms with Gasteiger partial charge in [0.25, 0.3) is 5.91 Å². The first kappa shape index (κ1) is 14.8. The van der Waals surface area contributed by atoms with Crippen LogP contribution in [0.25, 0.3) is 10.1 Å². The summed E-state index contributed by atoms with van der Waals surface area (Å²) in [6.45, 7) is 6.96. The zero-order valence-electron chi connectivity index (χ0n) is 12.2. The molecule has 1 aromatic carbocycles. The number of nitrogen functional groups attached to an aromatic ring is 1. The molecule has 5 heteroatoms. The van der Waals surface area contributed by atoms with Gasteiger partial charge in [0, 0.05) is 10.4 Å². The van der Waals surface area contributed by atoms with Crippen LogP contribution in [0.1, 0.15) is 37.4 Å². The minimum atomic E-state index is -1.01. The summed E-state index contributed by atoms with van der Waals surface area (Å²) in [5.41, 5.74) is 4.69. The van der Waals surface area contributed by atoms with E-state index in [1.165, 1.54) is 11.3 Å². The second-order valence-electron chi connectivity index (χ2n) is 6.05. The molecule has 0 saturated heterocycles. The Labute approximate surface area is 122 Å². The van der Waals surface area contributed by atoms with Crippen LogP contribution in [-0.2, 0) is 0 Å². The quantitative estimate of drug-likeness (QED) is 0.761. The molecular weight excluding hydrogens is 272 g/mol. The molecule has 0 radical (unpaired) electrons. The van der Waals surface area contributed by atoms with Gasteiger partial charge in [0.05, 0.1) is 16.0 Å². The summed E-state index contributed by atoms with van der Waals surface area (Å²) in [6.07, 6.45) is 0. The topological polar surface area (TPSA) is 75.3 Å². The zero-order chi connectivity index (χ0) is 15.1. The highest BCUT2D eigenvalue weighted by Gasteiger charge is 2.36. The van der Waals surface area contributed by atoms with Gasteiger partial charge in [-0.3, -0.25) is 4.79 Å².